The number of amides is 1. The van der Waals surface area contributed by atoms with Crippen LogP contribution < -0.4 is 21.1 Å². The number of nitrogens with one attached hydrogen (secondary N) is 3. The van der Waals surface area contributed by atoms with Gasteiger partial charge in [-0.25, -0.2) is 9.98 Å². The third-order valence-electron chi connectivity index (χ3n) is 5.65. The number of rotatable bonds is 9. The number of anilines is 1. The summed E-state index contributed by atoms with van der Waals surface area (Å²) in [6, 6.07) is 12.6. The minimum atomic E-state index is -0.302. The lowest BCUT2D eigenvalue weighted by Crippen LogP contribution is -2.36. The van der Waals surface area contributed by atoms with E-state index in [1.165, 1.54) is 18.6 Å². The van der Waals surface area contributed by atoms with Crippen molar-refractivity contribution in [3.63, 3.8) is 0 Å². The van der Waals surface area contributed by atoms with E-state index in [2.05, 4.69) is 22.2 Å². The molecule has 2 aromatic rings. The standard InChI is InChI=1S/C30H29N7O2/c1-3-14-33-18-20(2)34-28(38)19-39-24-9-7-8-21(16-24)29-36-27-11-6-4-5-10-25(27)30(37-29)35-23-12-13-26(32)22(15-23)17-31/h3-18,25,31H,1,19,32H2,2H3,(H,34,38)(H,35,36,37)/b20-18+,31-17?,33-14?. The van der Waals surface area contributed by atoms with Crippen LogP contribution in [0.15, 0.2) is 118 Å². The Kier molecular flexibility index (Phi) is 8.76. The van der Waals surface area contributed by atoms with E-state index < -0.39 is 0 Å². The van der Waals surface area contributed by atoms with Crippen LogP contribution in [0.25, 0.3) is 0 Å². The molecule has 0 spiro atoms. The molecule has 1 atom stereocenters. The van der Waals surface area contributed by atoms with Crippen molar-refractivity contribution in [1.82, 2.24) is 10.6 Å². The Labute approximate surface area is 227 Å². The third kappa shape index (κ3) is 7.14. The number of benzene rings is 2. The maximum Gasteiger partial charge on any atom is 0.262 e. The molecule has 9 heteroatoms. The molecule has 0 aromatic heterocycles. The van der Waals surface area contributed by atoms with Crippen LogP contribution in [0.3, 0.4) is 0 Å². The first-order chi connectivity index (χ1) is 19.0. The molecule has 2 aliphatic rings. The third-order valence-corrected chi connectivity index (χ3v) is 5.65. The topological polar surface area (TPSA) is 137 Å². The van der Waals surface area contributed by atoms with E-state index in [9.17, 15) is 4.79 Å². The van der Waals surface area contributed by atoms with E-state index in [1.807, 2.05) is 48.6 Å². The Balaban J connectivity index is 1.58. The highest BCUT2D eigenvalue weighted by molar-refractivity contribution is 6.12. The van der Waals surface area contributed by atoms with Gasteiger partial charge in [0.1, 0.15) is 17.4 Å². The van der Waals surface area contributed by atoms with Crippen LogP contribution in [0.1, 0.15) is 18.1 Å². The van der Waals surface area contributed by atoms with Gasteiger partial charge in [0.15, 0.2) is 6.61 Å². The largest absolute Gasteiger partial charge is 0.484 e. The van der Waals surface area contributed by atoms with E-state index in [0.29, 0.717) is 40.1 Å². The molecule has 0 fully saturated rings. The van der Waals surface area contributed by atoms with Crippen LogP contribution in [0.5, 0.6) is 5.75 Å². The van der Waals surface area contributed by atoms with E-state index in [1.54, 1.807) is 37.3 Å². The highest BCUT2D eigenvalue weighted by atomic mass is 16.5. The van der Waals surface area contributed by atoms with Crippen molar-refractivity contribution in [2.75, 3.05) is 12.3 Å². The molecule has 0 saturated heterocycles. The van der Waals surface area contributed by atoms with Gasteiger partial charge >= 0.3 is 0 Å². The van der Waals surface area contributed by atoms with Crippen LogP contribution in [0, 0.1) is 11.3 Å². The molecular formula is C30H29N7O2. The lowest BCUT2D eigenvalue weighted by atomic mass is 10.00. The fourth-order valence-corrected chi connectivity index (χ4v) is 3.81. The summed E-state index contributed by atoms with van der Waals surface area (Å²) in [5.74, 6) is 1.21. The zero-order valence-electron chi connectivity index (χ0n) is 21.5. The first kappa shape index (κ1) is 26.7. The molecule has 0 radical (unpaired) electrons. The number of allylic oxidation sites excluding steroid dienone is 6. The normalized spacial score (nSPS) is 17.5. The van der Waals surface area contributed by atoms with Crippen molar-refractivity contribution in [3.05, 3.63) is 114 Å². The number of hydrogen-bond donors (Lipinski definition) is 4. The Morgan fingerprint density at radius 2 is 2.13 bits per heavy atom. The van der Waals surface area contributed by atoms with E-state index in [4.69, 9.17) is 25.9 Å². The first-order valence-electron chi connectivity index (χ1n) is 12.2. The molecule has 1 aliphatic heterocycles. The minimum Gasteiger partial charge on any atom is -0.484 e. The highest BCUT2D eigenvalue weighted by Gasteiger charge is 2.26. The van der Waals surface area contributed by atoms with Crippen LogP contribution in [0.2, 0.25) is 0 Å². The summed E-state index contributed by atoms with van der Waals surface area (Å²) in [6.45, 7) is 5.12. The summed E-state index contributed by atoms with van der Waals surface area (Å²) in [5.41, 5.74) is 9.98. The Morgan fingerprint density at radius 1 is 1.26 bits per heavy atom. The molecule has 1 unspecified atom stereocenters. The number of ether oxygens (including phenoxy) is 1. The zero-order valence-corrected chi connectivity index (χ0v) is 21.5. The highest BCUT2D eigenvalue weighted by Crippen LogP contribution is 2.27. The van der Waals surface area contributed by atoms with Gasteiger partial charge in [0.05, 0.1) is 11.6 Å². The number of carbonyl (C=O) groups excluding carboxylic acids is 1. The number of nitrogens with two attached hydrogens (primary N) is 1. The van der Waals surface area contributed by atoms with Crippen molar-refractivity contribution in [2.24, 2.45) is 20.9 Å². The summed E-state index contributed by atoms with van der Waals surface area (Å²) in [7, 11) is 0. The van der Waals surface area contributed by atoms with Gasteiger partial charge in [-0.3, -0.25) is 9.79 Å². The number of amidine groups is 2. The van der Waals surface area contributed by atoms with Crippen LogP contribution >= 0.6 is 0 Å². The maximum atomic E-state index is 12.3. The van der Waals surface area contributed by atoms with Crippen molar-refractivity contribution in [2.45, 2.75) is 6.92 Å². The molecule has 0 bridgehead atoms. The second-order valence-electron chi connectivity index (χ2n) is 8.59. The van der Waals surface area contributed by atoms with Crippen molar-refractivity contribution >= 4 is 41.4 Å². The van der Waals surface area contributed by atoms with E-state index in [-0.39, 0.29) is 18.4 Å². The molecule has 4 rings (SSSR count). The summed E-state index contributed by atoms with van der Waals surface area (Å²) in [6.07, 6.45) is 15.7. The first-order valence-corrected chi connectivity index (χ1v) is 12.2. The fourth-order valence-electron chi connectivity index (χ4n) is 3.81. The molecule has 39 heavy (non-hydrogen) atoms. The Morgan fingerprint density at radius 3 is 2.95 bits per heavy atom. The van der Waals surface area contributed by atoms with Gasteiger partial charge in [0.25, 0.3) is 5.91 Å². The number of carbonyl (C=O) groups is 1. The molecule has 1 heterocycles. The number of hydrogen-bond acceptors (Lipinski definition) is 7. The fraction of sp³-hybridized carbons (Fsp3) is 0.100. The van der Waals surface area contributed by atoms with Gasteiger partial charge in [-0.05, 0) is 43.3 Å². The molecule has 1 amide bonds. The maximum absolute atomic E-state index is 12.3. The molecule has 196 valence electrons. The monoisotopic (exact) mass is 519 g/mol. The summed E-state index contributed by atoms with van der Waals surface area (Å²) in [5, 5.41) is 13.7. The van der Waals surface area contributed by atoms with Gasteiger partial charge in [0, 0.05) is 46.8 Å². The molecule has 2 aromatic carbocycles. The van der Waals surface area contributed by atoms with E-state index in [0.717, 1.165) is 11.3 Å². The number of nitrogen functional groups attached to an aromatic ring is 1. The smallest absolute Gasteiger partial charge is 0.262 e. The molecule has 5 N–H and O–H groups in total. The predicted octanol–water partition coefficient (Wildman–Crippen LogP) is 4.59. The average Bonchev–Trinajstić information content (AvgIpc) is 3.19. The summed E-state index contributed by atoms with van der Waals surface area (Å²) in [4.78, 5) is 25.9. The van der Waals surface area contributed by atoms with Crippen molar-refractivity contribution in [3.8, 4) is 5.75 Å². The number of nitrogens with zero attached hydrogens (tertiary/aromatic N) is 3. The summed E-state index contributed by atoms with van der Waals surface area (Å²) < 4.78 is 5.73. The summed E-state index contributed by atoms with van der Waals surface area (Å²) >= 11 is 0. The van der Waals surface area contributed by atoms with Gasteiger partial charge in [-0.15, -0.1) is 0 Å². The minimum absolute atomic E-state index is 0.165. The molecule has 9 nitrogen and oxygen atoms in total. The van der Waals surface area contributed by atoms with Crippen LogP contribution in [-0.2, 0) is 4.79 Å². The van der Waals surface area contributed by atoms with Gasteiger partial charge in [0.2, 0.25) is 0 Å². The van der Waals surface area contributed by atoms with Gasteiger partial charge < -0.3 is 26.5 Å². The number of aliphatic imine (C=N–C) groups is 3. The van der Waals surface area contributed by atoms with Gasteiger partial charge in [-0.2, -0.15) is 0 Å². The average molecular weight is 520 g/mol. The predicted molar refractivity (Wildman–Crippen MR) is 158 cm³/mol. The SMILES string of the molecule is C=CC=N/C=C(\C)NC(=O)COc1cccc(C2=NC(=Nc3ccc(N)c(C=N)c3)C3C=CC=CC=C3N2)c1. The lowest BCUT2D eigenvalue weighted by molar-refractivity contribution is -0.122. The van der Waals surface area contributed by atoms with Crippen LogP contribution in [-0.4, -0.2) is 36.6 Å². The quantitative estimate of drug-likeness (QED) is 0.284. The van der Waals surface area contributed by atoms with Crippen molar-refractivity contribution < 1.29 is 9.53 Å². The molecule has 0 saturated carbocycles. The van der Waals surface area contributed by atoms with Crippen molar-refractivity contribution in [1.29, 1.82) is 5.41 Å². The number of fused-ring (bicyclic) bond motifs is 1. The zero-order chi connectivity index (χ0) is 27.6. The lowest BCUT2D eigenvalue weighted by Gasteiger charge is -2.25. The Hall–Kier alpha value is -5.31. The van der Waals surface area contributed by atoms with Gasteiger partial charge in [-0.1, -0.05) is 49.1 Å². The second-order valence-corrected chi connectivity index (χ2v) is 8.59. The Bertz CT molecular complexity index is 1490. The van der Waals surface area contributed by atoms with Crippen LogP contribution in [0.4, 0.5) is 11.4 Å². The molecule has 1 aliphatic carbocycles. The second kappa shape index (κ2) is 12.8. The van der Waals surface area contributed by atoms with E-state index >= 15 is 0 Å². The molecular weight excluding hydrogens is 490 g/mol.